The zero-order valence-electron chi connectivity index (χ0n) is 25.2. The van der Waals surface area contributed by atoms with Gasteiger partial charge in [-0.1, -0.05) is 0 Å². The molecule has 0 saturated carbocycles. The fraction of sp³-hybridized carbons (Fsp3) is 0.267. The number of fused-ring (bicyclic) bond motifs is 8. The van der Waals surface area contributed by atoms with Crippen LogP contribution in [-0.4, -0.2) is 58.1 Å². The highest BCUT2D eigenvalue weighted by atomic mass is 32.2. The largest absolute Gasteiger partial charge is 0.481 e. The van der Waals surface area contributed by atoms with E-state index in [-0.39, 0.29) is 58.9 Å². The lowest BCUT2D eigenvalue weighted by Gasteiger charge is -1.99. The first-order chi connectivity index (χ1) is 21.4. The van der Waals surface area contributed by atoms with Gasteiger partial charge in [-0.2, -0.15) is 16.8 Å². The minimum absolute atomic E-state index is 0.0392. The summed E-state index contributed by atoms with van der Waals surface area (Å²) in [5, 5.41) is 18.8. The molecule has 242 valence electrons. The summed E-state index contributed by atoms with van der Waals surface area (Å²) in [4.78, 5) is 34.6. The average molecular weight is 673 g/mol. The molecule has 0 aliphatic carbocycles. The average Bonchev–Trinajstić information content (AvgIpc) is 3.59. The minimum Gasteiger partial charge on any atom is -0.481 e. The first-order valence-electron chi connectivity index (χ1n) is 14.0. The van der Waals surface area contributed by atoms with E-state index in [1.807, 2.05) is 0 Å². The van der Waals surface area contributed by atoms with Crippen LogP contribution in [0.25, 0.3) is 44.4 Å². The molecule has 0 atom stereocenters. The van der Waals surface area contributed by atoms with Crippen molar-refractivity contribution >= 4 is 76.5 Å². The van der Waals surface area contributed by atoms with Gasteiger partial charge in [0.15, 0.2) is 0 Å². The van der Waals surface area contributed by atoms with Crippen LogP contribution in [0.3, 0.4) is 0 Å². The van der Waals surface area contributed by atoms with Crippen LogP contribution in [0.2, 0.25) is 0 Å². The first kappa shape index (κ1) is 32.7. The maximum absolute atomic E-state index is 12.6. The van der Waals surface area contributed by atoms with E-state index in [0.717, 1.165) is 0 Å². The Morgan fingerprint density at radius 1 is 0.609 bits per heavy atom. The molecule has 8 bridgehead atoms. The van der Waals surface area contributed by atoms with E-state index in [2.05, 4.69) is 19.9 Å². The molecular formula is C30H32N4O10S2+2. The van der Waals surface area contributed by atoms with Gasteiger partial charge in [-0.05, 0) is 57.7 Å². The van der Waals surface area contributed by atoms with E-state index >= 15 is 0 Å². The van der Waals surface area contributed by atoms with Crippen molar-refractivity contribution in [1.29, 1.82) is 0 Å². The van der Waals surface area contributed by atoms with Gasteiger partial charge in [0.1, 0.15) is 9.79 Å². The monoisotopic (exact) mass is 672 g/mol. The van der Waals surface area contributed by atoms with Crippen LogP contribution in [-0.2, 0) is 29.8 Å². The van der Waals surface area contributed by atoms with Crippen molar-refractivity contribution in [2.75, 3.05) is 0 Å². The number of hydrogen-bond donors (Lipinski definition) is 6. The highest BCUT2D eigenvalue weighted by Gasteiger charge is 2.30. The van der Waals surface area contributed by atoms with Gasteiger partial charge in [-0.3, -0.25) is 18.7 Å². The van der Waals surface area contributed by atoms with E-state index in [9.17, 15) is 45.7 Å². The van der Waals surface area contributed by atoms with Gasteiger partial charge in [-0.15, -0.1) is 0 Å². The number of hydrogen-bond acceptors (Lipinski definition) is 6. The van der Waals surface area contributed by atoms with Crippen molar-refractivity contribution in [1.82, 2.24) is 9.97 Å². The Hall–Kier alpha value is -4.64. The van der Waals surface area contributed by atoms with Crippen molar-refractivity contribution < 1.29 is 55.7 Å². The van der Waals surface area contributed by atoms with Gasteiger partial charge in [0.25, 0.3) is 20.2 Å². The van der Waals surface area contributed by atoms with E-state index in [1.165, 1.54) is 26.0 Å². The molecule has 0 amide bonds. The number of rotatable bonds is 8. The first-order valence-corrected chi connectivity index (χ1v) is 16.9. The molecule has 2 aliphatic rings. The van der Waals surface area contributed by atoms with Crippen molar-refractivity contribution in [2.45, 2.75) is 63.2 Å². The molecule has 3 aromatic rings. The summed E-state index contributed by atoms with van der Waals surface area (Å²) in [7, 11) is -9.60. The summed E-state index contributed by atoms with van der Waals surface area (Å²) in [6.45, 7) is 6.42. The lowest BCUT2D eigenvalue weighted by Crippen LogP contribution is -2.11. The fourth-order valence-electron chi connectivity index (χ4n) is 5.97. The molecule has 0 aromatic carbocycles. The van der Waals surface area contributed by atoms with Crippen LogP contribution >= 0.6 is 0 Å². The number of carbonyl (C=O) groups is 2. The second-order valence-corrected chi connectivity index (χ2v) is 14.0. The Kier molecular flexibility index (Phi) is 8.27. The van der Waals surface area contributed by atoms with Crippen LogP contribution in [0.5, 0.6) is 0 Å². The predicted octanol–water partition coefficient (Wildman–Crippen LogP) is 3.85. The molecule has 0 radical (unpaired) electrons. The molecule has 0 spiro atoms. The van der Waals surface area contributed by atoms with Crippen LogP contribution in [0.1, 0.15) is 73.4 Å². The Morgan fingerprint density at radius 3 is 1.37 bits per heavy atom. The lowest BCUT2D eigenvalue weighted by molar-refractivity contribution is -0.388. The number of H-pyrrole nitrogens is 4. The maximum atomic E-state index is 12.6. The summed E-state index contributed by atoms with van der Waals surface area (Å²) in [5.74, 6) is -2.04. The summed E-state index contributed by atoms with van der Waals surface area (Å²) in [6, 6.07) is 6.08. The number of aromatic nitrogens is 4. The Bertz CT molecular complexity index is 2310. The number of carboxylic acids is 2. The molecule has 8 N–H and O–H groups in total. The van der Waals surface area contributed by atoms with Crippen molar-refractivity contribution in [3.8, 4) is 0 Å². The van der Waals surface area contributed by atoms with Crippen molar-refractivity contribution in [3.63, 3.8) is 0 Å². The van der Waals surface area contributed by atoms with E-state index < -0.39 is 42.0 Å². The number of aliphatic carboxylic acids is 2. The number of aromatic amines is 4. The number of allylic oxidation sites excluding steroid dienone is 4. The van der Waals surface area contributed by atoms with E-state index in [0.29, 0.717) is 45.1 Å². The molecule has 0 fully saturated rings. The second kappa shape index (κ2) is 11.6. The van der Waals surface area contributed by atoms with Crippen LogP contribution in [0.4, 0.5) is 0 Å². The molecule has 5 heterocycles. The van der Waals surface area contributed by atoms with Gasteiger partial charge in [-0.25, -0.2) is 9.97 Å². The Balaban J connectivity index is 2.01. The number of carboxylic acid groups (broad SMARTS) is 2. The van der Waals surface area contributed by atoms with Gasteiger partial charge >= 0.3 is 11.9 Å². The van der Waals surface area contributed by atoms with E-state index in [4.69, 9.17) is 0 Å². The van der Waals surface area contributed by atoms with Gasteiger partial charge in [0.2, 0.25) is 22.8 Å². The standard InChI is InChI=1S/C30H30N4O10S2/c1-13-17(5-7-27(35)36)23-12-24-18(6-8-28(37)38)14(2)20(32-24)10-25-30(46(42,43)44)16(4)22(34-25)11-26-29(45(39,40)41)15(3)21(33-26)9-19(13)31-23/h9-12,33-34H,5-8H2,1-4H3,(H,35,36)(H,37,38)(H,39,40,41)(H,42,43,44)/p+2. The van der Waals surface area contributed by atoms with Crippen molar-refractivity contribution in [2.24, 2.45) is 0 Å². The van der Waals surface area contributed by atoms with Gasteiger partial charge in [0, 0.05) is 58.3 Å². The fourth-order valence-corrected chi connectivity index (χ4v) is 7.74. The third-order valence-electron chi connectivity index (χ3n) is 8.27. The van der Waals surface area contributed by atoms with Crippen LogP contribution in [0, 0.1) is 13.8 Å². The van der Waals surface area contributed by atoms with E-state index in [1.54, 1.807) is 26.0 Å². The summed E-state index contributed by atoms with van der Waals surface area (Å²) < 4.78 is 70.6. The molecule has 16 heteroatoms. The predicted molar refractivity (Wildman–Crippen MR) is 166 cm³/mol. The third kappa shape index (κ3) is 6.11. The molecular weight excluding hydrogens is 640 g/mol. The second-order valence-electron chi connectivity index (χ2n) is 11.2. The van der Waals surface area contributed by atoms with Crippen molar-refractivity contribution in [3.05, 3.63) is 58.2 Å². The van der Waals surface area contributed by atoms with Gasteiger partial charge < -0.3 is 20.2 Å². The Labute approximate surface area is 263 Å². The summed E-state index contributed by atoms with van der Waals surface area (Å²) in [5.41, 5.74) is 5.07. The molecule has 3 aromatic heterocycles. The topological polar surface area (TPSA) is 243 Å². The van der Waals surface area contributed by atoms with Crippen LogP contribution < -0.4 is 9.97 Å². The molecule has 14 nitrogen and oxygen atoms in total. The lowest BCUT2D eigenvalue weighted by atomic mass is 9.98. The Morgan fingerprint density at radius 2 is 0.978 bits per heavy atom. The normalized spacial score (nSPS) is 13.9. The summed E-state index contributed by atoms with van der Waals surface area (Å²) in [6.07, 6.45) is -0.124. The number of aryl methyl sites for hydroxylation is 2. The zero-order valence-corrected chi connectivity index (χ0v) is 26.8. The van der Waals surface area contributed by atoms with Gasteiger partial charge in [0.05, 0.1) is 17.1 Å². The molecule has 5 rings (SSSR count). The molecule has 0 saturated heterocycles. The molecule has 2 aliphatic heterocycles. The maximum Gasteiger partial charge on any atom is 0.303 e. The zero-order chi connectivity index (χ0) is 33.9. The highest BCUT2D eigenvalue weighted by molar-refractivity contribution is 7.86. The third-order valence-corrected chi connectivity index (χ3v) is 10.4. The summed E-state index contributed by atoms with van der Waals surface area (Å²) >= 11 is 0. The minimum atomic E-state index is -4.81. The smallest absolute Gasteiger partial charge is 0.303 e. The molecule has 0 unspecified atom stereocenters. The SMILES string of the molecule is CC1=C(CCC(=O)O)c2cc3[nH+]c(cc4[nH]c(cc5[nH]c(cc1[nH+]2)c(C)c5S(=O)(=O)O)c(C)c4S(=O)(=O)O)C(C)=C3CCC(=O)O. The van der Waals surface area contributed by atoms with Crippen LogP contribution in [0.15, 0.2) is 34.1 Å². The quantitative estimate of drug-likeness (QED) is 0.189. The number of nitrogens with one attached hydrogen (secondary N) is 4. The highest BCUT2D eigenvalue weighted by Crippen LogP contribution is 2.36. The molecule has 46 heavy (non-hydrogen) atoms.